The van der Waals surface area contributed by atoms with Gasteiger partial charge in [0.15, 0.2) is 11.5 Å². The maximum absolute atomic E-state index is 13.1. The van der Waals surface area contributed by atoms with Crippen LogP contribution in [0.3, 0.4) is 0 Å². The maximum atomic E-state index is 13.1. The van der Waals surface area contributed by atoms with Gasteiger partial charge in [-0.25, -0.2) is 10.2 Å². The fraction of sp³-hybridized carbons (Fsp3) is 0.100. The number of halogens is 3. The predicted molar refractivity (Wildman–Crippen MR) is 162 cm³/mol. The van der Waals surface area contributed by atoms with Crippen LogP contribution in [0.15, 0.2) is 94.5 Å². The van der Waals surface area contributed by atoms with Gasteiger partial charge in [-0.15, -0.1) is 0 Å². The summed E-state index contributed by atoms with van der Waals surface area (Å²) < 4.78 is 28.3. The van der Waals surface area contributed by atoms with E-state index in [9.17, 15) is 9.59 Å². The highest BCUT2D eigenvalue weighted by Gasteiger charge is 2.23. The summed E-state index contributed by atoms with van der Waals surface area (Å²) in [5, 5.41) is 5.04. The van der Waals surface area contributed by atoms with Gasteiger partial charge in [0, 0.05) is 20.1 Å². The second-order valence-corrected chi connectivity index (χ2v) is 10.1. The highest BCUT2D eigenvalue weighted by atomic mass is 79.9. The van der Waals surface area contributed by atoms with Crippen LogP contribution in [0.25, 0.3) is 0 Å². The van der Waals surface area contributed by atoms with Crippen molar-refractivity contribution in [2.45, 2.75) is 6.29 Å². The second-order valence-electron chi connectivity index (χ2n) is 8.35. The Morgan fingerprint density at radius 2 is 1.36 bits per heavy atom. The first-order valence-electron chi connectivity index (χ1n) is 12.2. The SMILES string of the molecule is COc1ccc(C(=O)Oc2ccc(Br)cc2/C=N/NC(=O)C(Oc2ccc(Cl)cc2)Oc2ccc(Cl)cc2)cc1OC. The molecule has 0 saturated carbocycles. The largest absolute Gasteiger partial charge is 0.493 e. The molecule has 0 fully saturated rings. The van der Waals surface area contributed by atoms with E-state index in [-0.39, 0.29) is 11.3 Å². The van der Waals surface area contributed by atoms with Crippen LogP contribution in [0, 0.1) is 0 Å². The lowest BCUT2D eigenvalue weighted by Gasteiger charge is -2.19. The van der Waals surface area contributed by atoms with E-state index in [2.05, 4.69) is 26.5 Å². The summed E-state index contributed by atoms with van der Waals surface area (Å²) in [6, 6.07) is 22.5. The monoisotopic (exact) mass is 672 g/mol. The van der Waals surface area contributed by atoms with Crippen molar-refractivity contribution in [3.63, 3.8) is 0 Å². The smallest absolute Gasteiger partial charge is 0.343 e. The van der Waals surface area contributed by atoms with Gasteiger partial charge in [-0.1, -0.05) is 39.1 Å². The van der Waals surface area contributed by atoms with Gasteiger partial charge in [-0.2, -0.15) is 5.10 Å². The van der Waals surface area contributed by atoms with E-state index in [1.807, 2.05) is 0 Å². The Kier molecular flexibility index (Phi) is 10.7. The lowest BCUT2D eigenvalue weighted by Crippen LogP contribution is -2.40. The molecule has 0 aliphatic heterocycles. The third kappa shape index (κ3) is 8.39. The first kappa shape index (κ1) is 30.7. The van der Waals surface area contributed by atoms with Gasteiger partial charge in [0.05, 0.1) is 26.0 Å². The van der Waals surface area contributed by atoms with Crippen molar-refractivity contribution >= 4 is 57.2 Å². The third-order valence-electron chi connectivity index (χ3n) is 5.50. The van der Waals surface area contributed by atoms with Crippen LogP contribution >= 0.6 is 39.1 Å². The predicted octanol–water partition coefficient (Wildman–Crippen LogP) is 6.93. The van der Waals surface area contributed by atoms with Crippen LogP contribution < -0.4 is 29.1 Å². The highest BCUT2D eigenvalue weighted by Crippen LogP contribution is 2.29. The molecular weight excluding hydrogens is 651 g/mol. The van der Waals surface area contributed by atoms with Gasteiger partial charge in [-0.05, 0) is 84.9 Å². The molecule has 0 atom stereocenters. The van der Waals surface area contributed by atoms with Crippen molar-refractivity contribution in [2.75, 3.05) is 14.2 Å². The number of benzene rings is 4. The molecule has 0 radical (unpaired) electrons. The van der Waals surface area contributed by atoms with Crippen molar-refractivity contribution < 1.29 is 33.3 Å². The Morgan fingerprint density at radius 1 is 0.786 bits per heavy atom. The normalized spacial score (nSPS) is 10.8. The van der Waals surface area contributed by atoms with Gasteiger partial charge >= 0.3 is 18.2 Å². The quantitative estimate of drug-likeness (QED) is 0.0606. The molecule has 1 N–H and O–H groups in total. The average molecular weight is 674 g/mol. The van der Waals surface area contributed by atoms with E-state index < -0.39 is 18.2 Å². The van der Waals surface area contributed by atoms with E-state index in [0.29, 0.717) is 43.1 Å². The molecule has 4 rings (SSSR count). The molecule has 0 bridgehead atoms. The molecule has 1 amide bonds. The summed E-state index contributed by atoms with van der Waals surface area (Å²) >= 11 is 15.3. The lowest BCUT2D eigenvalue weighted by molar-refractivity contribution is -0.140. The number of amides is 1. The van der Waals surface area contributed by atoms with Gasteiger partial charge in [0.1, 0.15) is 17.2 Å². The molecular formula is C30H23BrCl2N2O7. The van der Waals surface area contributed by atoms with E-state index >= 15 is 0 Å². The van der Waals surface area contributed by atoms with Crippen LogP contribution in [-0.4, -0.2) is 38.6 Å². The summed E-state index contributed by atoms with van der Waals surface area (Å²) in [6.07, 6.45) is -0.101. The number of nitrogens with one attached hydrogen (secondary N) is 1. The number of carbonyl (C=O) groups is 2. The molecule has 0 spiro atoms. The van der Waals surface area contributed by atoms with E-state index in [0.717, 1.165) is 0 Å². The van der Waals surface area contributed by atoms with E-state index in [1.54, 1.807) is 78.9 Å². The number of esters is 1. The van der Waals surface area contributed by atoms with Crippen molar-refractivity contribution in [3.05, 3.63) is 111 Å². The van der Waals surface area contributed by atoms with Gasteiger partial charge in [0.2, 0.25) is 0 Å². The summed E-state index contributed by atoms with van der Waals surface area (Å²) in [5.41, 5.74) is 3.04. The van der Waals surface area contributed by atoms with Crippen LogP contribution in [0.2, 0.25) is 10.0 Å². The number of hydrogen-bond acceptors (Lipinski definition) is 8. The molecule has 4 aromatic carbocycles. The van der Waals surface area contributed by atoms with Crippen LogP contribution in [0.5, 0.6) is 28.7 Å². The number of rotatable bonds is 11. The summed E-state index contributed by atoms with van der Waals surface area (Å²) in [5.74, 6) is 0.382. The molecule has 0 unspecified atom stereocenters. The van der Waals surface area contributed by atoms with Crippen LogP contribution in [0.4, 0.5) is 0 Å². The van der Waals surface area contributed by atoms with Crippen molar-refractivity contribution in [1.82, 2.24) is 5.43 Å². The summed E-state index contributed by atoms with van der Waals surface area (Å²) in [7, 11) is 2.97. The minimum Gasteiger partial charge on any atom is -0.493 e. The minimum absolute atomic E-state index is 0.197. The average Bonchev–Trinajstić information content (AvgIpc) is 2.99. The van der Waals surface area contributed by atoms with Gasteiger partial charge in [-0.3, -0.25) is 4.79 Å². The molecule has 0 heterocycles. The number of hydrazone groups is 1. The summed E-state index contributed by atoms with van der Waals surface area (Å²) in [4.78, 5) is 25.9. The van der Waals surface area contributed by atoms with Crippen LogP contribution in [0.1, 0.15) is 15.9 Å². The van der Waals surface area contributed by atoms with E-state index in [4.69, 9.17) is 46.9 Å². The number of nitrogens with zero attached hydrogens (tertiary/aromatic N) is 1. The van der Waals surface area contributed by atoms with Crippen molar-refractivity contribution in [1.29, 1.82) is 0 Å². The Bertz CT molecular complexity index is 1530. The number of carbonyl (C=O) groups excluding carboxylic acids is 2. The first-order valence-corrected chi connectivity index (χ1v) is 13.7. The fourth-order valence-corrected chi connectivity index (χ4v) is 4.09. The fourth-order valence-electron chi connectivity index (χ4n) is 3.46. The zero-order valence-corrected chi connectivity index (χ0v) is 25.3. The highest BCUT2D eigenvalue weighted by molar-refractivity contribution is 9.10. The zero-order valence-electron chi connectivity index (χ0n) is 22.2. The standard InChI is InChI=1S/C30H23BrCl2N2O7/c1-38-26-13-3-18(16-27(26)39-2)29(37)42-25-14-4-20(31)15-19(25)17-34-35-28(36)30(40-23-9-5-21(32)6-10-23)41-24-11-7-22(33)8-12-24/h3-17,30H,1-2H3,(H,35,36)/b34-17+. The third-order valence-corrected chi connectivity index (χ3v) is 6.50. The van der Waals surface area contributed by atoms with Gasteiger partial charge < -0.3 is 23.7 Å². The molecule has 216 valence electrons. The topological polar surface area (TPSA) is 105 Å². The second kappa shape index (κ2) is 14.6. The number of methoxy groups -OCH3 is 2. The molecule has 4 aromatic rings. The molecule has 0 aliphatic rings. The van der Waals surface area contributed by atoms with Gasteiger partial charge in [0.25, 0.3) is 0 Å². The zero-order chi connectivity index (χ0) is 30.1. The minimum atomic E-state index is -1.42. The molecule has 9 nitrogen and oxygen atoms in total. The molecule has 0 aliphatic carbocycles. The molecule has 12 heteroatoms. The number of hydrogen-bond donors (Lipinski definition) is 1. The summed E-state index contributed by atoms with van der Waals surface area (Å²) in [6.45, 7) is 0. The molecule has 0 aromatic heterocycles. The molecule has 0 saturated heterocycles. The maximum Gasteiger partial charge on any atom is 0.343 e. The van der Waals surface area contributed by atoms with Crippen molar-refractivity contribution in [3.8, 4) is 28.7 Å². The Labute approximate surface area is 260 Å². The Hall–Kier alpha value is -4.25. The molecule has 42 heavy (non-hydrogen) atoms. The lowest BCUT2D eigenvalue weighted by atomic mass is 10.2. The van der Waals surface area contributed by atoms with E-state index in [1.165, 1.54) is 26.5 Å². The van der Waals surface area contributed by atoms with Crippen LogP contribution in [-0.2, 0) is 4.79 Å². The number of ether oxygens (including phenoxy) is 5. The Balaban J connectivity index is 1.50. The first-order chi connectivity index (χ1) is 20.2. The Morgan fingerprint density at radius 3 is 1.93 bits per heavy atom. The van der Waals surface area contributed by atoms with Crippen molar-refractivity contribution in [2.24, 2.45) is 5.10 Å².